The Labute approximate surface area is 427 Å². The number of alkyl carbamates (subject to hydrolysis) is 2. The molecule has 20 heteroatoms. The highest BCUT2D eigenvalue weighted by molar-refractivity contribution is 7.80. The predicted molar refractivity (Wildman–Crippen MR) is 262 cm³/mol. The standard InChI is InChI=1S/C53H62FN3O15S/c1-8-55-48(63)69-40-38-29(3)35(68-47(62)41(70-49(64)56-9-2)39(31-16-12-10-13-17-31)57-45(60)32-18-14-11-15-19-32)27-53(65,50(38,5)6)44(71-46(61)33-20-22-34(54)23-21-33)42-51(7,43(40)59)36(66-24-25-73)26-37-52(42,28-67-37)72-30(4)58/h10-23,35-37,39-42,44,65,73H,8-9,24-28H2,1-7H3,(H,55,63)(H,56,64)(H,57,60)/t35-,36-,37+,39-,40+,41+,42?,44-,51+,52-,53+/m0/s1. The summed E-state index contributed by atoms with van der Waals surface area (Å²) in [7, 11) is 0. The molecule has 3 aliphatic carbocycles. The molecule has 3 fully saturated rings. The molecular weight excluding hydrogens is 970 g/mol. The molecule has 11 atom stereocenters. The number of carbonyl (C=O) groups is 7. The fourth-order valence-electron chi connectivity index (χ4n) is 11.1. The number of rotatable bonds is 16. The first-order valence-corrected chi connectivity index (χ1v) is 24.8. The summed E-state index contributed by atoms with van der Waals surface area (Å²) in [4.78, 5) is 100. The highest BCUT2D eigenvalue weighted by Gasteiger charge is 2.78. The van der Waals surface area contributed by atoms with Crippen LogP contribution in [0.2, 0.25) is 0 Å². The minimum atomic E-state index is -2.51. The van der Waals surface area contributed by atoms with E-state index in [4.69, 9.17) is 33.2 Å². The number of thiol groups is 1. The van der Waals surface area contributed by atoms with Crippen LogP contribution in [0.15, 0.2) is 96.1 Å². The molecule has 73 heavy (non-hydrogen) atoms. The molecule has 1 aliphatic heterocycles. The molecule has 0 spiro atoms. The van der Waals surface area contributed by atoms with Gasteiger partial charge in [0.25, 0.3) is 5.91 Å². The molecule has 4 N–H and O–H groups in total. The molecule has 7 rings (SSSR count). The number of hydrogen-bond acceptors (Lipinski definition) is 16. The molecule has 3 aromatic carbocycles. The summed E-state index contributed by atoms with van der Waals surface area (Å²) in [5.74, 6) is -6.61. The van der Waals surface area contributed by atoms with Crippen LogP contribution in [0.5, 0.6) is 0 Å². The predicted octanol–water partition coefficient (Wildman–Crippen LogP) is 5.77. The van der Waals surface area contributed by atoms with Gasteiger partial charge in [-0.3, -0.25) is 14.4 Å². The zero-order valence-electron chi connectivity index (χ0n) is 41.6. The molecule has 0 radical (unpaired) electrons. The Hall–Kier alpha value is -6.35. The topological polar surface area (TPSA) is 240 Å². The average Bonchev–Trinajstić information content (AvgIpc) is 3.35. The number of carbonyl (C=O) groups excluding carboxylic acids is 7. The van der Waals surface area contributed by atoms with Crippen molar-refractivity contribution in [2.75, 3.05) is 32.1 Å². The fraction of sp³-hybridized carbons (Fsp3) is 0.491. The molecular formula is C53H62FN3O15S. The maximum Gasteiger partial charge on any atom is 0.408 e. The van der Waals surface area contributed by atoms with Gasteiger partial charge < -0.3 is 54.2 Å². The van der Waals surface area contributed by atoms with Gasteiger partial charge in [-0.05, 0) is 80.8 Å². The molecule has 3 aromatic rings. The highest BCUT2D eigenvalue weighted by atomic mass is 32.1. The van der Waals surface area contributed by atoms with Crippen molar-refractivity contribution in [3.63, 3.8) is 0 Å². The van der Waals surface area contributed by atoms with Crippen LogP contribution < -0.4 is 16.0 Å². The monoisotopic (exact) mass is 1030 g/mol. The Morgan fingerprint density at radius 1 is 0.863 bits per heavy atom. The van der Waals surface area contributed by atoms with E-state index in [1.807, 2.05) is 0 Å². The second kappa shape index (κ2) is 22.0. The van der Waals surface area contributed by atoms with Gasteiger partial charge >= 0.3 is 30.1 Å². The number of hydrogen-bond donors (Lipinski definition) is 5. The van der Waals surface area contributed by atoms with E-state index < -0.39 is 125 Å². The number of benzene rings is 3. The summed E-state index contributed by atoms with van der Waals surface area (Å²) >= 11 is 4.36. The SMILES string of the molecule is CCNC(=O)O[C@H]1C(=O)[C@@]2(C)C([C@H](OC(=O)c3ccc(F)cc3)[C@]3(O)C[C@H](OC(=O)[C@H](OC(=O)NCC)[C@@H](NC(=O)c4ccccc4)c4ccccc4)C(C)=C1C3(C)C)[C@]1(OC(C)=O)CO[C@@H]1C[C@@H]2OCCS. The third-order valence-corrected chi connectivity index (χ3v) is 14.9. The van der Waals surface area contributed by atoms with E-state index in [0.717, 1.165) is 19.1 Å². The summed E-state index contributed by atoms with van der Waals surface area (Å²) in [6, 6.07) is 19.3. The number of Topliss-reactive ketones (excluding diaryl/α,β-unsaturated/α-hetero) is 1. The van der Waals surface area contributed by atoms with Crippen molar-refractivity contribution in [3.8, 4) is 0 Å². The number of fused-ring (bicyclic) bond motifs is 5. The van der Waals surface area contributed by atoms with Gasteiger partial charge in [-0.15, -0.1) is 0 Å². The van der Waals surface area contributed by atoms with Crippen LogP contribution in [0.25, 0.3) is 0 Å². The third kappa shape index (κ3) is 10.3. The van der Waals surface area contributed by atoms with Gasteiger partial charge in [0.1, 0.15) is 35.8 Å². The minimum Gasteiger partial charge on any atom is -0.455 e. The van der Waals surface area contributed by atoms with E-state index in [2.05, 4.69) is 28.6 Å². The van der Waals surface area contributed by atoms with E-state index in [9.17, 15) is 33.5 Å². The number of amides is 3. The lowest BCUT2D eigenvalue weighted by Gasteiger charge is -2.67. The Morgan fingerprint density at radius 3 is 2.08 bits per heavy atom. The van der Waals surface area contributed by atoms with Gasteiger partial charge in [0.2, 0.25) is 6.10 Å². The van der Waals surface area contributed by atoms with Crippen molar-refractivity contribution in [1.82, 2.24) is 16.0 Å². The quantitative estimate of drug-likeness (QED) is 0.0496. The lowest BCUT2D eigenvalue weighted by atomic mass is 9.44. The van der Waals surface area contributed by atoms with Crippen LogP contribution in [0, 0.1) is 22.6 Å². The molecule has 2 saturated carbocycles. The van der Waals surface area contributed by atoms with Crippen LogP contribution in [-0.2, 0) is 47.5 Å². The van der Waals surface area contributed by atoms with Crippen molar-refractivity contribution in [3.05, 3.63) is 119 Å². The van der Waals surface area contributed by atoms with E-state index in [-0.39, 0.29) is 60.8 Å². The van der Waals surface area contributed by atoms with Crippen LogP contribution in [0.3, 0.4) is 0 Å². The smallest absolute Gasteiger partial charge is 0.408 e. The summed E-state index contributed by atoms with van der Waals surface area (Å²) in [6.07, 6.45) is -12.3. The lowest BCUT2D eigenvalue weighted by molar-refractivity contribution is -0.348. The zero-order valence-corrected chi connectivity index (χ0v) is 42.5. The maximum absolute atomic E-state index is 16.2. The zero-order chi connectivity index (χ0) is 53.0. The normalized spacial score (nSPS) is 28.7. The Morgan fingerprint density at radius 2 is 1.49 bits per heavy atom. The summed E-state index contributed by atoms with van der Waals surface area (Å²) in [5.41, 5.74) is -7.62. The van der Waals surface area contributed by atoms with Crippen molar-refractivity contribution in [2.45, 2.75) is 115 Å². The first-order chi connectivity index (χ1) is 34.7. The van der Waals surface area contributed by atoms with E-state index in [1.165, 1.54) is 26.0 Å². The molecule has 1 saturated heterocycles. The van der Waals surface area contributed by atoms with E-state index >= 15 is 9.59 Å². The number of esters is 3. The first kappa shape index (κ1) is 54.4. The highest BCUT2D eigenvalue weighted by Crippen LogP contribution is 2.65. The van der Waals surface area contributed by atoms with Crippen LogP contribution >= 0.6 is 12.6 Å². The number of ether oxygens (including phenoxy) is 7. The van der Waals surface area contributed by atoms with Gasteiger partial charge in [0.15, 0.2) is 17.5 Å². The second-order valence-electron chi connectivity index (χ2n) is 19.3. The van der Waals surface area contributed by atoms with Crippen LogP contribution in [0.4, 0.5) is 14.0 Å². The fourth-order valence-corrected chi connectivity index (χ4v) is 11.2. The molecule has 1 unspecified atom stereocenters. The first-order valence-electron chi connectivity index (χ1n) is 24.2. The van der Waals surface area contributed by atoms with Crippen molar-refractivity contribution in [2.24, 2.45) is 16.7 Å². The number of ketones is 1. The Kier molecular flexibility index (Phi) is 16.4. The van der Waals surface area contributed by atoms with Crippen LogP contribution in [-0.4, -0.2) is 127 Å². The van der Waals surface area contributed by atoms with Gasteiger partial charge in [0, 0.05) is 49.6 Å². The van der Waals surface area contributed by atoms with Gasteiger partial charge in [-0.25, -0.2) is 23.6 Å². The van der Waals surface area contributed by atoms with Crippen LogP contribution in [0.1, 0.15) is 93.6 Å². The van der Waals surface area contributed by atoms with Crippen molar-refractivity contribution >= 4 is 54.4 Å². The van der Waals surface area contributed by atoms with Gasteiger partial charge in [-0.1, -0.05) is 62.4 Å². The van der Waals surface area contributed by atoms with Crippen molar-refractivity contribution < 1.29 is 76.2 Å². The van der Waals surface area contributed by atoms with E-state index in [0.29, 0.717) is 5.56 Å². The molecule has 3 amide bonds. The Balaban J connectivity index is 1.46. The van der Waals surface area contributed by atoms with E-state index in [1.54, 1.807) is 88.4 Å². The number of aliphatic hydroxyl groups is 1. The largest absolute Gasteiger partial charge is 0.455 e. The average molecular weight is 1030 g/mol. The number of nitrogens with one attached hydrogen (secondary N) is 3. The van der Waals surface area contributed by atoms with Gasteiger partial charge in [0.05, 0.1) is 36.2 Å². The molecule has 2 bridgehead atoms. The molecule has 18 nitrogen and oxygen atoms in total. The molecule has 4 aliphatic rings. The van der Waals surface area contributed by atoms with Gasteiger partial charge in [-0.2, -0.15) is 12.6 Å². The lowest BCUT2D eigenvalue weighted by Crippen LogP contribution is -2.82. The molecule has 0 aromatic heterocycles. The summed E-state index contributed by atoms with van der Waals surface area (Å²) in [5, 5.41) is 22.0. The number of halogens is 1. The Bertz CT molecular complexity index is 2600. The summed E-state index contributed by atoms with van der Waals surface area (Å²) in [6.45, 7) is 10.3. The second-order valence-corrected chi connectivity index (χ2v) is 19.7. The maximum atomic E-state index is 16.2. The third-order valence-electron chi connectivity index (χ3n) is 14.7. The van der Waals surface area contributed by atoms with Crippen molar-refractivity contribution in [1.29, 1.82) is 0 Å². The molecule has 1 heterocycles. The summed E-state index contributed by atoms with van der Waals surface area (Å²) < 4.78 is 58.0. The minimum absolute atomic E-state index is 0.0106. The molecule has 392 valence electrons.